The first kappa shape index (κ1) is 20.7. The number of nitrogens with one attached hydrogen (secondary N) is 2. The number of piperidine rings is 1. The van der Waals surface area contributed by atoms with Crippen molar-refractivity contribution < 1.29 is 14.5 Å². The summed E-state index contributed by atoms with van der Waals surface area (Å²) >= 11 is 1.68. The number of fused-ring (bicyclic) bond motifs is 1. The van der Waals surface area contributed by atoms with Crippen LogP contribution in [-0.2, 0) is 9.59 Å². The van der Waals surface area contributed by atoms with Crippen LogP contribution in [0, 0.1) is 16.0 Å². The quantitative estimate of drug-likeness (QED) is 0.358. The molecule has 9 nitrogen and oxygen atoms in total. The summed E-state index contributed by atoms with van der Waals surface area (Å²) in [6, 6.07) is 13.8. The number of aromatic nitrogens is 1. The maximum Gasteiger partial charge on any atom is 0.313 e. The second kappa shape index (κ2) is 9.09. The number of hydrogen-bond acceptors (Lipinski definition) is 7. The molecule has 0 saturated carbocycles. The minimum Gasteiger partial charge on any atom is -0.348 e. The van der Waals surface area contributed by atoms with Crippen molar-refractivity contribution in [3.8, 4) is 0 Å². The number of rotatable bonds is 5. The number of hydrogen-bond donors (Lipinski definition) is 2. The SMILES string of the molecule is O=C(NCC1CCN(c2nc3ccccc3s2)CC1)C(=O)Nc1ccccc1[N+](=O)[O-]. The zero-order valence-electron chi connectivity index (χ0n) is 16.6. The van der Waals surface area contributed by atoms with Gasteiger partial charge in [-0.2, -0.15) is 0 Å². The summed E-state index contributed by atoms with van der Waals surface area (Å²) in [7, 11) is 0. The molecule has 2 aromatic carbocycles. The standard InChI is InChI=1S/C21H21N5O4S/c27-19(20(28)23-15-5-1-3-7-17(15)26(29)30)22-13-14-9-11-25(12-10-14)21-24-16-6-2-4-8-18(16)31-21/h1-8,14H,9-13H2,(H,22,27)(H,23,28). The average Bonchev–Trinajstić information content (AvgIpc) is 3.22. The van der Waals surface area contributed by atoms with Crippen molar-refractivity contribution in [2.75, 3.05) is 29.9 Å². The van der Waals surface area contributed by atoms with E-state index in [-0.39, 0.29) is 17.3 Å². The smallest absolute Gasteiger partial charge is 0.313 e. The lowest BCUT2D eigenvalue weighted by Crippen LogP contribution is -2.41. The molecule has 31 heavy (non-hydrogen) atoms. The van der Waals surface area contributed by atoms with Gasteiger partial charge in [0.2, 0.25) is 0 Å². The fraction of sp³-hybridized carbons (Fsp3) is 0.286. The van der Waals surface area contributed by atoms with Gasteiger partial charge in [-0.25, -0.2) is 4.98 Å². The van der Waals surface area contributed by atoms with Crippen molar-refractivity contribution in [3.63, 3.8) is 0 Å². The summed E-state index contributed by atoms with van der Waals surface area (Å²) in [5.74, 6) is -1.46. The first-order valence-corrected chi connectivity index (χ1v) is 10.8. The Morgan fingerprint density at radius 2 is 1.81 bits per heavy atom. The van der Waals surface area contributed by atoms with Crippen molar-refractivity contribution in [1.29, 1.82) is 0 Å². The Morgan fingerprint density at radius 3 is 2.55 bits per heavy atom. The Bertz CT molecular complexity index is 1090. The zero-order chi connectivity index (χ0) is 21.8. The maximum absolute atomic E-state index is 12.1. The number of para-hydroxylation sites is 3. The van der Waals surface area contributed by atoms with Crippen molar-refractivity contribution in [1.82, 2.24) is 10.3 Å². The van der Waals surface area contributed by atoms with Gasteiger partial charge >= 0.3 is 11.8 Å². The molecule has 1 aliphatic heterocycles. The molecular formula is C21H21N5O4S. The summed E-state index contributed by atoms with van der Waals surface area (Å²) in [5, 5.41) is 17.0. The lowest BCUT2D eigenvalue weighted by Gasteiger charge is -2.31. The largest absolute Gasteiger partial charge is 0.348 e. The van der Waals surface area contributed by atoms with Gasteiger partial charge in [0, 0.05) is 25.7 Å². The summed E-state index contributed by atoms with van der Waals surface area (Å²) in [5.41, 5.74) is 0.740. The first-order valence-electron chi connectivity index (χ1n) is 9.94. The lowest BCUT2D eigenvalue weighted by atomic mass is 9.97. The number of amides is 2. The van der Waals surface area contributed by atoms with Gasteiger partial charge in [0.1, 0.15) is 5.69 Å². The van der Waals surface area contributed by atoms with Crippen molar-refractivity contribution >= 4 is 49.9 Å². The summed E-state index contributed by atoms with van der Waals surface area (Å²) < 4.78 is 1.16. The van der Waals surface area contributed by atoms with Gasteiger partial charge in [-0.05, 0) is 37.0 Å². The van der Waals surface area contributed by atoms with Crippen molar-refractivity contribution in [2.45, 2.75) is 12.8 Å². The molecule has 0 unspecified atom stereocenters. The monoisotopic (exact) mass is 439 g/mol. The normalized spacial score (nSPS) is 14.4. The third-order valence-corrected chi connectivity index (χ3v) is 6.37. The van der Waals surface area contributed by atoms with Crippen LogP contribution in [0.25, 0.3) is 10.2 Å². The van der Waals surface area contributed by atoms with Gasteiger partial charge in [0.25, 0.3) is 5.69 Å². The molecule has 0 bridgehead atoms. The molecule has 2 heterocycles. The Morgan fingerprint density at radius 1 is 1.10 bits per heavy atom. The highest BCUT2D eigenvalue weighted by atomic mass is 32.1. The summed E-state index contributed by atoms with van der Waals surface area (Å²) in [6.45, 7) is 2.06. The number of nitro groups is 1. The highest BCUT2D eigenvalue weighted by Gasteiger charge is 2.24. The van der Waals surface area contributed by atoms with Crippen LogP contribution in [0.5, 0.6) is 0 Å². The molecule has 4 rings (SSSR count). The first-order chi connectivity index (χ1) is 15.0. The van der Waals surface area contributed by atoms with E-state index in [0.29, 0.717) is 6.54 Å². The molecule has 10 heteroatoms. The molecule has 2 N–H and O–H groups in total. The van der Waals surface area contributed by atoms with E-state index in [1.807, 2.05) is 18.2 Å². The van der Waals surface area contributed by atoms with E-state index in [1.165, 1.54) is 18.2 Å². The van der Waals surface area contributed by atoms with Crippen LogP contribution in [-0.4, -0.2) is 41.4 Å². The molecule has 0 aliphatic carbocycles. The molecular weight excluding hydrogens is 418 g/mol. The second-order valence-corrected chi connectivity index (χ2v) is 8.34. The summed E-state index contributed by atoms with van der Waals surface area (Å²) in [4.78, 5) is 41.6. The van der Waals surface area contributed by atoms with Gasteiger partial charge in [-0.3, -0.25) is 19.7 Å². The van der Waals surface area contributed by atoms with E-state index in [4.69, 9.17) is 4.98 Å². The van der Waals surface area contributed by atoms with Crippen molar-refractivity contribution in [3.05, 3.63) is 58.6 Å². The Kier molecular flexibility index (Phi) is 6.08. The zero-order valence-corrected chi connectivity index (χ0v) is 17.4. The Balaban J connectivity index is 1.26. The van der Waals surface area contributed by atoms with Crippen molar-refractivity contribution in [2.24, 2.45) is 5.92 Å². The highest BCUT2D eigenvalue weighted by Crippen LogP contribution is 2.31. The molecule has 0 spiro atoms. The maximum atomic E-state index is 12.1. The van der Waals surface area contributed by atoms with E-state index in [9.17, 15) is 19.7 Å². The third-order valence-electron chi connectivity index (χ3n) is 5.27. The van der Waals surface area contributed by atoms with E-state index in [1.54, 1.807) is 17.4 Å². The molecule has 1 aliphatic rings. The molecule has 160 valence electrons. The van der Waals surface area contributed by atoms with Crippen LogP contribution in [0.15, 0.2) is 48.5 Å². The molecule has 1 saturated heterocycles. The molecule has 3 aromatic rings. The highest BCUT2D eigenvalue weighted by molar-refractivity contribution is 7.22. The van der Waals surface area contributed by atoms with Crippen LogP contribution in [0.2, 0.25) is 0 Å². The van der Waals surface area contributed by atoms with E-state index < -0.39 is 16.7 Å². The van der Waals surface area contributed by atoms with Gasteiger partial charge in [0.15, 0.2) is 5.13 Å². The van der Waals surface area contributed by atoms with Crippen LogP contribution in [0.1, 0.15) is 12.8 Å². The molecule has 0 atom stereocenters. The number of carbonyl (C=O) groups excluding carboxylic acids is 2. The van der Waals surface area contributed by atoms with Crippen LogP contribution < -0.4 is 15.5 Å². The summed E-state index contributed by atoms with van der Waals surface area (Å²) in [6.07, 6.45) is 1.75. The number of nitrogens with zero attached hydrogens (tertiary/aromatic N) is 3. The Labute approximate surface area is 182 Å². The number of anilines is 2. The predicted octanol–water partition coefficient (Wildman–Crippen LogP) is 3.18. The van der Waals surface area contributed by atoms with Gasteiger partial charge in [-0.1, -0.05) is 35.6 Å². The van der Waals surface area contributed by atoms with E-state index >= 15 is 0 Å². The molecule has 0 radical (unpaired) electrons. The molecule has 1 fully saturated rings. The van der Waals surface area contributed by atoms with Crippen LogP contribution in [0.3, 0.4) is 0 Å². The van der Waals surface area contributed by atoms with Crippen LogP contribution >= 0.6 is 11.3 Å². The predicted molar refractivity (Wildman–Crippen MR) is 119 cm³/mol. The van der Waals surface area contributed by atoms with E-state index in [0.717, 1.165) is 41.3 Å². The minimum atomic E-state index is -0.916. The van der Waals surface area contributed by atoms with Gasteiger partial charge < -0.3 is 15.5 Å². The van der Waals surface area contributed by atoms with E-state index in [2.05, 4.69) is 21.6 Å². The topological polar surface area (TPSA) is 117 Å². The van der Waals surface area contributed by atoms with Crippen LogP contribution in [0.4, 0.5) is 16.5 Å². The fourth-order valence-corrected chi connectivity index (χ4v) is 4.58. The Hall–Kier alpha value is -3.53. The lowest BCUT2D eigenvalue weighted by molar-refractivity contribution is -0.383. The minimum absolute atomic E-state index is 0.00297. The molecule has 1 aromatic heterocycles. The molecule has 2 amide bonds. The second-order valence-electron chi connectivity index (χ2n) is 7.33. The third kappa shape index (κ3) is 4.80. The number of nitro benzene ring substituents is 1. The fourth-order valence-electron chi connectivity index (χ4n) is 3.56. The average molecular weight is 439 g/mol. The number of benzene rings is 2. The number of carbonyl (C=O) groups is 2. The van der Waals surface area contributed by atoms with Gasteiger partial charge in [0.05, 0.1) is 15.1 Å². The van der Waals surface area contributed by atoms with Gasteiger partial charge in [-0.15, -0.1) is 0 Å². The number of thiazole rings is 1.